The number of nitrogens with zero attached hydrogens (tertiary/aromatic N) is 3. The summed E-state index contributed by atoms with van der Waals surface area (Å²) in [5.74, 6) is 0.666. The van der Waals surface area contributed by atoms with Crippen molar-refractivity contribution in [3.05, 3.63) is 197 Å². The van der Waals surface area contributed by atoms with Crippen LogP contribution in [0, 0.1) is 0 Å². The van der Waals surface area contributed by atoms with Crippen molar-refractivity contribution < 1.29 is 4.42 Å². The molecule has 0 fully saturated rings. The van der Waals surface area contributed by atoms with E-state index in [1.807, 2.05) is 42.6 Å². The highest BCUT2D eigenvalue weighted by molar-refractivity contribution is 6.08. The summed E-state index contributed by atoms with van der Waals surface area (Å²) in [6.07, 6.45) is 8.17. The molecule has 4 nitrogen and oxygen atoms in total. The van der Waals surface area contributed by atoms with E-state index in [1.54, 1.807) is 6.20 Å². The Balaban J connectivity index is 1.22. The van der Waals surface area contributed by atoms with Gasteiger partial charge in [-0.1, -0.05) is 121 Å². The number of fused-ring (bicyclic) bond motifs is 12. The van der Waals surface area contributed by atoms with Gasteiger partial charge in [-0.05, 0) is 87.0 Å². The van der Waals surface area contributed by atoms with Crippen molar-refractivity contribution in [2.24, 2.45) is 0 Å². The lowest BCUT2D eigenvalue weighted by Crippen LogP contribution is -2.30. The van der Waals surface area contributed by atoms with Gasteiger partial charge in [0, 0.05) is 39.9 Å². The molecule has 1 spiro atoms. The molecule has 0 saturated carbocycles. The minimum Gasteiger partial charge on any atom is -0.456 e. The third-order valence-corrected chi connectivity index (χ3v) is 10.8. The molecule has 0 N–H and O–H groups in total. The second-order valence-electron chi connectivity index (χ2n) is 13.6. The first kappa shape index (κ1) is 28.9. The molecule has 11 rings (SSSR count). The summed E-state index contributed by atoms with van der Waals surface area (Å²) in [7, 11) is 0. The van der Waals surface area contributed by atoms with Crippen LogP contribution < -0.4 is 0 Å². The number of para-hydroxylation sites is 1. The van der Waals surface area contributed by atoms with Crippen molar-refractivity contribution in [2.75, 3.05) is 0 Å². The van der Waals surface area contributed by atoms with E-state index in [1.165, 1.54) is 38.9 Å². The van der Waals surface area contributed by atoms with Gasteiger partial charge in [0.2, 0.25) is 0 Å². The maximum atomic E-state index is 6.58. The fourth-order valence-corrected chi connectivity index (χ4v) is 8.54. The Labute approximate surface area is 300 Å². The number of benzene rings is 6. The fourth-order valence-electron chi connectivity index (χ4n) is 8.54. The van der Waals surface area contributed by atoms with Gasteiger partial charge in [-0.25, -0.2) is 9.97 Å². The molecular formula is C48H29N3O. The predicted octanol–water partition coefficient (Wildman–Crippen LogP) is 11.6. The first-order chi connectivity index (χ1) is 25.8. The van der Waals surface area contributed by atoms with Crippen LogP contribution in [0.1, 0.15) is 33.4 Å². The molecule has 9 aromatic rings. The van der Waals surface area contributed by atoms with Crippen LogP contribution in [-0.2, 0) is 5.41 Å². The first-order valence-electron chi connectivity index (χ1n) is 17.6. The average molecular weight is 664 g/mol. The van der Waals surface area contributed by atoms with Crippen molar-refractivity contribution >= 4 is 34.1 Å². The van der Waals surface area contributed by atoms with E-state index in [-0.39, 0.29) is 0 Å². The highest BCUT2D eigenvalue weighted by Gasteiger charge is 2.49. The molecule has 0 aliphatic heterocycles. The Bertz CT molecular complexity index is 2850. The SMILES string of the molecule is C1=Cc2ccc(-c3nc(-c4ccccc4)cc(-c4cccnc4)n3)cc2C2(c3ccccc31)c1ccccc1-c1cc3c(cc12)oc1ccccc13. The van der Waals surface area contributed by atoms with Crippen LogP contribution in [0.2, 0.25) is 0 Å². The Morgan fingerprint density at radius 3 is 2.04 bits per heavy atom. The molecule has 0 radical (unpaired) electrons. The summed E-state index contributed by atoms with van der Waals surface area (Å²) < 4.78 is 6.58. The standard InChI is InChI=1S/C48H29N3O/c1-2-12-32(13-3-1)43-28-44(34-14-10-24-49-29-34)51-47(50-43)33-23-22-31-21-20-30-11-4-7-17-39(30)48(41(31)25-33)40-18-8-5-15-35(40)37-26-38-36-16-6-9-19-45(36)52-46(38)27-42(37)48/h1-29H. The van der Waals surface area contributed by atoms with Crippen LogP contribution in [0.4, 0.5) is 0 Å². The summed E-state index contributed by atoms with van der Waals surface area (Å²) in [4.78, 5) is 14.8. The number of rotatable bonds is 3. The van der Waals surface area contributed by atoms with Gasteiger partial charge in [-0.2, -0.15) is 0 Å². The van der Waals surface area contributed by atoms with Crippen molar-refractivity contribution in [3.8, 4) is 45.0 Å². The molecule has 242 valence electrons. The second kappa shape index (κ2) is 11.0. The Hall–Kier alpha value is -6.91. The molecule has 52 heavy (non-hydrogen) atoms. The van der Waals surface area contributed by atoms with Crippen LogP contribution in [0.25, 0.3) is 79.1 Å². The quantitative estimate of drug-likeness (QED) is 0.189. The molecule has 0 bridgehead atoms. The maximum absolute atomic E-state index is 6.58. The lowest BCUT2D eigenvalue weighted by atomic mass is 9.65. The molecule has 0 saturated heterocycles. The smallest absolute Gasteiger partial charge is 0.160 e. The molecule has 1 unspecified atom stereocenters. The second-order valence-corrected chi connectivity index (χ2v) is 13.6. The lowest BCUT2D eigenvalue weighted by Gasteiger charge is -2.35. The van der Waals surface area contributed by atoms with Crippen LogP contribution in [0.5, 0.6) is 0 Å². The van der Waals surface area contributed by atoms with Gasteiger partial charge >= 0.3 is 0 Å². The van der Waals surface area contributed by atoms with Gasteiger partial charge in [0.15, 0.2) is 5.82 Å². The Kier molecular flexibility index (Phi) is 6.13. The summed E-state index contributed by atoms with van der Waals surface area (Å²) in [5.41, 5.74) is 15.5. The normalized spacial score (nSPS) is 15.3. The van der Waals surface area contributed by atoms with E-state index in [0.717, 1.165) is 55.6 Å². The van der Waals surface area contributed by atoms with Crippen molar-refractivity contribution in [1.29, 1.82) is 0 Å². The topological polar surface area (TPSA) is 51.8 Å². The van der Waals surface area contributed by atoms with Crippen molar-refractivity contribution in [2.45, 2.75) is 5.41 Å². The van der Waals surface area contributed by atoms with Crippen molar-refractivity contribution in [1.82, 2.24) is 15.0 Å². The van der Waals surface area contributed by atoms with Crippen LogP contribution in [0.3, 0.4) is 0 Å². The molecule has 0 amide bonds. The third kappa shape index (κ3) is 4.12. The first-order valence-corrected chi connectivity index (χ1v) is 17.6. The average Bonchev–Trinajstić information content (AvgIpc) is 3.67. The Morgan fingerprint density at radius 2 is 1.17 bits per heavy atom. The van der Waals surface area contributed by atoms with Crippen LogP contribution in [-0.4, -0.2) is 15.0 Å². The molecular weight excluding hydrogens is 635 g/mol. The molecule has 1 atom stereocenters. The number of aromatic nitrogens is 3. The lowest BCUT2D eigenvalue weighted by molar-refractivity contribution is 0.666. The fraction of sp³-hybridized carbons (Fsp3) is 0.0208. The number of hydrogen-bond acceptors (Lipinski definition) is 4. The molecule has 4 heteroatoms. The predicted molar refractivity (Wildman–Crippen MR) is 210 cm³/mol. The van der Waals surface area contributed by atoms with E-state index in [9.17, 15) is 0 Å². The van der Waals surface area contributed by atoms with Gasteiger partial charge in [-0.3, -0.25) is 4.98 Å². The molecule has 3 aromatic heterocycles. The minimum absolute atomic E-state index is 0.631. The molecule has 3 heterocycles. The monoisotopic (exact) mass is 663 g/mol. The van der Waals surface area contributed by atoms with Crippen LogP contribution >= 0.6 is 0 Å². The zero-order chi connectivity index (χ0) is 34.2. The highest BCUT2D eigenvalue weighted by Crippen LogP contribution is 2.59. The summed E-state index contributed by atoms with van der Waals surface area (Å²) in [6.45, 7) is 0. The molecule has 2 aliphatic carbocycles. The third-order valence-electron chi connectivity index (χ3n) is 10.8. The number of pyridine rings is 1. The van der Waals surface area contributed by atoms with Gasteiger partial charge in [0.1, 0.15) is 11.2 Å². The minimum atomic E-state index is -0.631. The molecule has 6 aromatic carbocycles. The van der Waals surface area contributed by atoms with Gasteiger partial charge in [0.05, 0.1) is 16.8 Å². The zero-order valence-corrected chi connectivity index (χ0v) is 28.0. The van der Waals surface area contributed by atoms with E-state index < -0.39 is 5.41 Å². The largest absolute Gasteiger partial charge is 0.456 e. The van der Waals surface area contributed by atoms with Crippen LogP contribution in [0.15, 0.2) is 168 Å². The van der Waals surface area contributed by atoms with E-state index >= 15 is 0 Å². The number of hydrogen-bond donors (Lipinski definition) is 0. The Morgan fingerprint density at radius 1 is 0.442 bits per heavy atom. The van der Waals surface area contributed by atoms with Gasteiger partial charge < -0.3 is 4.42 Å². The summed E-state index contributed by atoms with van der Waals surface area (Å²) in [5, 5.41) is 2.26. The summed E-state index contributed by atoms with van der Waals surface area (Å²) >= 11 is 0. The summed E-state index contributed by atoms with van der Waals surface area (Å²) in [6, 6.07) is 53.8. The van der Waals surface area contributed by atoms with E-state index in [2.05, 4.69) is 132 Å². The number of furan rings is 1. The zero-order valence-electron chi connectivity index (χ0n) is 28.0. The molecule has 2 aliphatic rings. The van der Waals surface area contributed by atoms with Gasteiger partial charge in [0.25, 0.3) is 0 Å². The highest BCUT2D eigenvalue weighted by atomic mass is 16.3. The van der Waals surface area contributed by atoms with E-state index in [4.69, 9.17) is 14.4 Å². The van der Waals surface area contributed by atoms with Gasteiger partial charge in [-0.15, -0.1) is 0 Å². The van der Waals surface area contributed by atoms with Crippen molar-refractivity contribution in [3.63, 3.8) is 0 Å². The van der Waals surface area contributed by atoms with E-state index in [0.29, 0.717) is 5.82 Å². The maximum Gasteiger partial charge on any atom is 0.160 e.